The Kier molecular flexibility index (Phi) is 3.43. The number of halogens is 1. The van der Waals surface area contributed by atoms with Gasteiger partial charge >= 0.3 is 0 Å². The number of carbonyl (C=O) groups is 1. The van der Waals surface area contributed by atoms with E-state index in [0.717, 1.165) is 24.9 Å². The number of hydrogen-bond donors (Lipinski definition) is 2. The fraction of sp³-hybridized carbons (Fsp3) is 0.462. The third-order valence-corrected chi connectivity index (χ3v) is 3.21. The standard InChI is InChI=1S/C13H17FN2O/c1-13(6-3-7-16-13)12(17)15-9-10-4-2-5-11(14)8-10/h2,4-5,8,16H,3,6-7,9H2,1H3,(H,15,17). The van der Waals surface area contributed by atoms with Crippen LogP contribution in [0.25, 0.3) is 0 Å². The van der Waals surface area contributed by atoms with Crippen LogP contribution in [0.3, 0.4) is 0 Å². The Balaban J connectivity index is 1.92. The Morgan fingerprint density at radius 3 is 3.06 bits per heavy atom. The molecule has 0 bridgehead atoms. The first-order chi connectivity index (χ1) is 8.10. The van der Waals surface area contributed by atoms with Crippen LogP contribution in [0.4, 0.5) is 4.39 Å². The molecule has 1 unspecified atom stereocenters. The van der Waals surface area contributed by atoms with Gasteiger partial charge in [0.15, 0.2) is 0 Å². The number of amides is 1. The molecule has 2 N–H and O–H groups in total. The summed E-state index contributed by atoms with van der Waals surface area (Å²) in [5, 5.41) is 6.03. The molecule has 1 saturated heterocycles. The van der Waals surface area contributed by atoms with Crippen LogP contribution in [-0.2, 0) is 11.3 Å². The van der Waals surface area contributed by atoms with Crippen LogP contribution in [0.15, 0.2) is 24.3 Å². The predicted molar refractivity (Wildman–Crippen MR) is 63.9 cm³/mol. The van der Waals surface area contributed by atoms with Gasteiger partial charge < -0.3 is 10.6 Å². The van der Waals surface area contributed by atoms with Crippen molar-refractivity contribution in [1.82, 2.24) is 10.6 Å². The number of nitrogens with one attached hydrogen (secondary N) is 2. The topological polar surface area (TPSA) is 41.1 Å². The van der Waals surface area contributed by atoms with Crippen LogP contribution in [0.5, 0.6) is 0 Å². The van der Waals surface area contributed by atoms with Crippen LogP contribution in [0, 0.1) is 5.82 Å². The minimum atomic E-state index is -0.465. The third-order valence-electron chi connectivity index (χ3n) is 3.21. The normalized spacial score (nSPS) is 23.6. The van der Waals surface area contributed by atoms with Gasteiger partial charge in [-0.15, -0.1) is 0 Å². The zero-order valence-corrected chi connectivity index (χ0v) is 9.92. The van der Waals surface area contributed by atoms with Crippen molar-refractivity contribution in [2.75, 3.05) is 6.54 Å². The van der Waals surface area contributed by atoms with Gasteiger partial charge in [-0.3, -0.25) is 4.79 Å². The van der Waals surface area contributed by atoms with Gasteiger partial charge in [0, 0.05) is 6.54 Å². The molecule has 17 heavy (non-hydrogen) atoms. The van der Waals surface area contributed by atoms with Crippen LogP contribution >= 0.6 is 0 Å². The highest BCUT2D eigenvalue weighted by atomic mass is 19.1. The van der Waals surface area contributed by atoms with Crippen molar-refractivity contribution in [3.05, 3.63) is 35.6 Å². The lowest BCUT2D eigenvalue weighted by molar-refractivity contribution is -0.126. The highest BCUT2D eigenvalue weighted by molar-refractivity contribution is 5.86. The summed E-state index contributed by atoms with van der Waals surface area (Å²) in [5.74, 6) is -0.291. The molecule has 1 fully saturated rings. The SMILES string of the molecule is CC1(C(=O)NCc2cccc(F)c2)CCCN1. The van der Waals surface area contributed by atoms with Gasteiger partial charge in [-0.1, -0.05) is 12.1 Å². The molecular weight excluding hydrogens is 219 g/mol. The molecule has 0 spiro atoms. The molecule has 4 heteroatoms. The summed E-state index contributed by atoms with van der Waals surface area (Å²) in [6.07, 6.45) is 1.87. The van der Waals surface area contributed by atoms with E-state index in [9.17, 15) is 9.18 Å². The summed E-state index contributed by atoms with van der Waals surface area (Å²) in [5.41, 5.74) is 0.313. The molecule has 1 aromatic carbocycles. The maximum atomic E-state index is 12.9. The highest BCUT2D eigenvalue weighted by Gasteiger charge is 2.35. The molecule has 1 heterocycles. The molecule has 1 aromatic rings. The Morgan fingerprint density at radius 1 is 1.59 bits per heavy atom. The second kappa shape index (κ2) is 4.84. The molecule has 1 aliphatic heterocycles. The van der Waals surface area contributed by atoms with E-state index >= 15 is 0 Å². The predicted octanol–water partition coefficient (Wildman–Crippen LogP) is 1.58. The molecule has 92 valence electrons. The first kappa shape index (κ1) is 12.0. The van der Waals surface area contributed by atoms with Gasteiger partial charge in [-0.05, 0) is 44.0 Å². The van der Waals surface area contributed by atoms with Crippen molar-refractivity contribution in [3.63, 3.8) is 0 Å². The first-order valence-corrected chi connectivity index (χ1v) is 5.88. The van der Waals surface area contributed by atoms with Crippen molar-refractivity contribution in [1.29, 1.82) is 0 Å². The lowest BCUT2D eigenvalue weighted by Gasteiger charge is -2.23. The van der Waals surface area contributed by atoms with Gasteiger partial charge in [-0.2, -0.15) is 0 Å². The smallest absolute Gasteiger partial charge is 0.240 e. The first-order valence-electron chi connectivity index (χ1n) is 5.88. The molecule has 0 radical (unpaired) electrons. The fourth-order valence-electron chi connectivity index (χ4n) is 2.11. The van der Waals surface area contributed by atoms with Crippen LogP contribution in [0.2, 0.25) is 0 Å². The van der Waals surface area contributed by atoms with E-state index in [4.69, 9.17) is 0 Å². The molecule has 3 nitrogen and oxygen atoms in total. The molecule has 1 amide bonds. The summed E-state index contributed by atoms with van der Waals surface area (Å²) in [7, 11) is 0. The minimum absolute atomic E-state index is 0.0146. The summed E-state index contributed by atoms with van der Waals surface area (Å²) in [6, 6.07) is 6.27. The van der Waals surface area contributed by atoms with E-state index in [1.807, 2.05) is 6.92 Å². The van der Waals surface area contributed by atoms with E-state index < -0.39 is 5.54 Å². The molecule has 0 aliphatic carbocycles. The minimum Gasteiger partial charge on any atom is -0.350 e. The van der Waals surface area contributed by atoms with Gasteiger partial charge in [0.05, 0.1) is 5.54 Å². The fourth-order valence-corrected chi connectivity index (χ4v) is 2.11. The highest BCUT2D eigenvalue weighted by Crippen LogP contribution is 2.18. The van der Waals surface area contributed by atoms with E-state index in [1.165, 1.54) is 12.1 Å². The Hall–Kier alpha value is -1.42. The number of carbonyl (C=O) groups excluding carboxylic acids is 1. The largest absolute Gasteiger partial charge is 0.350 e. The van der Waals surface area contributed by atoms with Gasteiger partial charge in [0.1, 0.15) is 5.82 Å². The van der Waals surface area contributed by atoms with Crippen LogP contribution < -0.4 is 10.6 Å². The lowest BCUT2D eigenvalue weighted by atomic mass is 9.99. The zero-order chi connectivity index (χ0) is 12.3. The maximum Gasteiger partial charge on any atom is 0.240 e. The van der Waals surface area contributed by atoms with Crippen LogP contribution in [-0.4, -0.2) is 18.0 Å². The summed E-state index contributed by atoms with van der Waals surface area (Å²) in [6.45, 7) is 3.15. The summed E-state index contributed by atoms with van der Waals surface area (Å²) >= 11 is 0. The third kappa shape index (κ3) is 2.82. The quantitative estimate of drug-likeness (QED) is 0.836. The average Bonchev–Trinajstić information content (AvgIpc) is 2.74. The molecular formula is C13H17FN2O. The zero-order valence-electron chi connectivity index (χ0n) is 9.92. The van der Waals surface area contributed by atoms with E-state index in [2.05, 4.69) is 10.6 Å². The van der Waals surface area contributed by atoms with Gasteiger partial charge in [0.25, 0.3) is 0 Å². The van der Waals surface area contributed by atoms with Crippen molar-refractivity contribution in [2.24, 2.45) is 0 Å². The maximum absolute atomic E-state index is 12.9. The summed E-state index contributed by atoms with van der Waals surface area (Å²) < 4.78 is 12.9. The average molecular weight is 236 g/mol. The Bertz CT molecular complexity index is 414. The monoisotopic (exact) mass is 236 g/mol. The van der Waals surface area contributed by atoms with Gasteiger partial charge in [-0.25, -0.2) is 4.39 Å². The van der Waals surface area contributed by atoms with E-state index in [0.29, 0.717) is 6.54 Å². The lowest BCUT2D eigenvalue weighted by Crippen LogP contribution is -2.50. The molecule has 1 atom stereocenters. The van der Waals surface area contributed by atoms with Crippen molar-refractivity contribution in [2.45, 2.75) is 31.8 Å². The number of benzene rings is 1. The second-order valence-corrected chi connectivity index (χ2v) is 4.68. The van der Waals surface area contributed by atoms with E-state index in [-0.39, 0.29) is 11.7 Å². The Morgan fingerprint density at radius 2 is 2.41 bits per heavy atom. The van der Waals surface area contributed by atoms with E-state index in [1.54, 1.807) is 12.1 Å². The van der Waals surface area contributed by atoms with Crippen molar-refractivity contribution >= 4 is 5.91 Å². The summed E-state index contributed by atoms with van der Waals surface area (Å²) in [4.78, 5) is 12.0. The van der Waals surface area contributed by atoms with Gasteiger partial charge in [0.2, 0.25) is 5.91 Å². The molecule has 0 aromatic heterocycles. The molecule has 0 saturated carbocycles. The second-order valence-electron chi connectivity index (χ2n) is 4.68. The number of hydrogen-bond acceptors (Lipinski definition) is 2. The molecule has 1 aliphatic rings. The van der Waals surface area contributed by atoms with Crippen molar-refractivity contribution < 1.29 is 9.18 Å². The van der Waals surface area contributed by atoms with Crippen molar-refractivity contribution in [3.8, 4) is 0 Å². The Labute approximate surface area is 100 Å². The molecule has 2 rings (SSSR count). The van der Waals surface area contributed by atoms with Crippen LogP contribution in [0.1, 0.15) is 25.3 Å². The number of rotatable bonds is 3.